The lowest BCUT2D eigenvalue weighted by Crippen LogP contribution is -2.70. The maximum absolute atomic E-state index is 12.8. The van der Waals surface area contributed by atoms with Crippen molar-refractivity contribution in [2.24, 2.45) is 45.3 Å². The van der Waals surface area contributed by atoms with Crippen molar-refractivity contribution in [2.75, 3.05) is 26.4 Å². The molecule has 8 fully saturated rings. The molecule has 3 unspecified atom stereocenters. The minimum atomic E-state index is -1.88. The van der Waals surface area contributed by atoms with E-state index < -0.39 is 200 Å². The summed E-state index contributed by atoms with van der Waals surface area (Å²) in [5, 5.41) is 175. The molecule has 0 spiro atoms. The van der Waals surface area contributed by atoms with Gasteiger partial charge in [0, 0.05) is 0 Å². The lowest BCUT2D eigenvalue weighted by atomic mass is 9.35. The fraction of sp³-hybridized carbons (Fsp3) is 0.962. The van der Waals surface area contributed by atoms with Crippen LogP contribution in [0.4, 0.5) is 0 Å². The van der Waals surface area contributed by atoms with Gasteiger partial charge in [0.1, 0.15) is 91.6 Å². The van der Waals surface area contributed by atoms with Crippen LogP contribution in [0.25, 0.3) is 0 Å². The Morgan fingerprint density at radius 3 is 1.81 bits per heavy atom. The highest BCUT2D eigenvalue weighted by atomic mass is 16.8. The zero-order valence-electron chi connectivity index (χ0n) is 45.2. The average Bonchev–Trinajstić information content (AvgIpc) is 3.80. The fourth-order valence-corrected chi connectivity index (χ4v) is 16.2. The molecule has 446 valence electrons. The Balaban J connectivity index is 1.03. The van der Waals surface area contributed by atoms with Gasteiger partial charge in [-0.15, -0.1) is 0 Å². The van der Waals surface area contributed by atoms with Crippen LogP contribution in [0.5, 0.6) is 0 Å². The standard InChI is InChI=1S/C53H90O24/c1-21(2)23(56)10-14-53(8,77-47-42(69)38(65)36(63)29(74-47)20-71-45-40(67)33(60)26(59)19-70-45)22-9-12-52(7)32(22)24(57)15-31-50(5)16-25(58)44(49(3,4)30(50)11-13-51(31,52)6)76-48-43(39(66)35(62)28(18-55)73-48)75-46-41(68)37(64)34(61)27(17-54)72-46/h22-48,54-69H,1,9-20H2,2-8H3/t22-,23?,24+,25+,26+,27+,28+,29+,30?,31?,32-,33-,34+,35+,36+,37-,38-,39-,40+,41+,42+,43+,44-,45-,46-,47-,48-,50-,51+,52+,53-/m0/s1. The van der Waals surface area contributed by atoms with Gasteiger partial charge in [0.15, 0.2) is 25.2 Å². The monoisotopic (exact) mass is 1110 g/mol. The summed E-state index contributed by atoms with van der Waals surface area (Å²) < 4.78 is 48.3. The molecule has 0 amide bonds. The molecule has 4 saturated carbocycles. The van der Waals surface area contributed by atoms with Gasteiger partial charge in [-0.25, -0.2) is 0 Å². The largest absolute Gasteiger partial charge is 0.394 e. The van der Waals surface area contributed by atoms with E-state index >= 15 is 0 Å². The molecule has 0 aromatic heterocycles. The minimum absolute atomic E-state index is 0.158. The summed E-state index contributed by atoms with van der Waals surface area (Å²) in [6.07, 6.45) is -31.5. The van der Waals surface area contributed by atoms with Gasteiger partial charge < -0.3 is 120 Å². The maximum atomic E-state index is 12.8. The summed E-state index contributed by atoms with van der Waals surface area (Å²) in [7, 11) is 0. The molecule has 4 saturated heterocycles. The van der Waals surface area contributed by atoms with Crippen LogP contribution in [0.1, 0.15) is 99.8 Å². The third-order valence-corrected chi connectivity index (χ3v) is 20.7. The molecule has 4 aliphatic carbocycles. The lowest BCUT2D eigenvalue weighted by molar-refractivity contribution is -0.383. The zero-order valence-corrected chi connectivity index (χ0v) is 45.2. The van der Waals surface area contributed by atoms with Gasteiger partial charge in [-0.05, 0) is 111 Å². The molecule has 0 aromatic rings. The number of aliphatic hydroxyl groups is 16. The average molecular weight is 1110 g/mol. The highest BCUT2D eigenvalue weighted by molar-refractivity contribution is 5.21. The third kappa shape index (κ3) is 10.8. The Kier molecular flexibility index (Phi) is 18.5. The normalized spacial score (nSPS) is 53.1. The van der Waals surface area contributed by atoms with Crippen molar-refractivity contribution < 1.29 is 120 Å². The number of hydrogen-bond acceptors (Lipinski definition) is 24. The van der Waals surface area contributed by atoms with Crippen molar-refractivity contribution >= 4 is 0 Å². The van der Waals surface area contributed by atoms with Crippen LogP contribution in [-0.4, -0.2) is 255 Å². The summed E-state index contributed by atoms with van der Waals surface area (Å²) in [6.45, 7) is 15.7. The molecule has 77 heavy (non-hydrogen) atoms. The zero-order chi connectivity index (χ0) is 56.8. The van der Waals surface area contributed by atoms with Crippen molar-refractivity contribution in [1.29, 1.82) is 0 Å². The predicted molar refractivity (Wildman–Crippen MR) is 263 cm³/mol. The van der Waals surface area contributed by atoms with E-state index in [9.17, 15) is 81.7 Å². The van der Waals surface area contributed by atoms with Crippen molar-refractivity contribution in [3.05, 3.63) is 12.2 Å². The van der Waals surface area contributed by atoms with E-state index in [1.165, 1.54) is 0 Å². The Morgan fingerprint density at radius 2 is 1.18 bits per heavy atom. The van der Waals surface area contributed by atoms with Gasteiger partial charge in [-0.1, -0.05) is 46.8 Å². The molecule has 0 bridgehead atoms. The number of aliphatic hydroxyl groups excluding tert-OH is 16. The quantitative estimate of drug-likeness (QED) is 0.0524. The first kappa shape index (κ1) is 61.8. The first-order valence-corrected chi connectivity index (χ1v) is 27.5. The van der Waals surface area contributed by atoms with Crippen molar-refractivity contribution in [3.8, 4) is 0 Å². The predicted octanol–water partition coefficient (Wildman–Crippen LogP) is -3.62. The van der Waals surface area contributed by atoms with E-state index in [4.69, 9.17) is 37.9 Å². The highest BCUT2D eigenvalue weighted by Crippen LogP contribution is 2.76. The second kappa shape index (κ2) is 23.1. The topological polar surface area (TPSA) is 398 Å². The summed E-state index contributed by atoms with van der Waals surface area (Å²) in [6, 6.07) is 0. The van der Waals surface area contributed by atoms with Gasteiger partial charge in [0.05, 0.1) is 56.4 Å². The van der Waals surface area contributed by atoms with Crippen LogP contribution < -0.4 is 0 Å². The van der Waals surface area contributed by atoms with Crippen LogP contribution in [0, 0.1) is 45.3 Å². The van der Waals surface area contributed by atoms with Crippen molar-refractivity contribution in [2.45, 2.75) is 247 Å². The number of ether oxygens (including phenoxy) is 8. The molecule has 4 heterocycles. The van der Waals surface area contributed by atoms with Gasteiger partial charge in [-0.3, -0.25) is 0 Å². The second-order valence-electron chi connectivity index (χ2n) is 25.5. The number of fused-ring (bicyclic) bond motifs is 5. The van der Waals surface area contributed by atoms with E-state index in [-0.39, 0.29) is 37.7 Å². The van der Waals surface area contributed by atoms with Crippen LogP contribution >= 0.6 is 0 Å². The van der Waals surface area contributed by atoms with E-state index in [1.54, 1.807) is 6.92 Å². The van der Waals surface area contributed by atoms with Crippen LogP contribution in [0.3, 0.4) is 0 Å². The SMILES string of the molecule is C=C(C)C(O)CC[C@](C)(O[C@@H]1O[C@H](CO[C@@H]2OC[C@@H](O)[C@H](O)[C@H]2O)[C@@H](O)[C@H](O)[C@H]1O)[C@H]1CC[C@]2(C)[C@@H]1[C@H](O)CC1[C@@]3(C)C[C@@H](O)[C@H](O[C@@H]4O[C@H](CO)[C@@H](O)[C@H](O)[C@H]4O[C@@H]4O[C@H](CO)[C@@H](O)[C@H](O)[C@H]4O)C(C)(C)C3CC[C@]12C. The van der Waals surface area contributed by atoms with E-state index in [0.717, 1.165) is 0 Å². The Bertz CT molecular complexity index is 2000. The molecule has 0 radical (unpaired) electrons. The van der Waals surface area contributed by atoms with Gasteiger partial charge in [0.2, 0.25) is 0 Å². The van der Waals surface area contributed by atoms with Gasteiger partial charge >= 0.3 is 0 Å². The summed E-state index contributed by atoms with van der Waals surface area (Å²) in [5.41, 5.74) is -3.26. The molecule has 31 atom stereocenters. The number of rotatable bonds is 16. The Hall–Kier alpha value is -1.22. The molecule has 16 N–H and O–H groups in total. The van der Waals surface area contributed by atoms with Crippen molar-refractivity contribution in [1.82, 2.24) is 0 Å². The maximum Gasteiger partial charge on any atom is 0.187 e. The summed E-state index contributed by atoms with van der Waals surface area (Å²) >= 11 is 0. The van der Waals surface area contributed by atoms with Crippen LogP contribution in [0.15, 0.2) is 12.2 Å². The summed E-state index contributed by atoms with van der Waals surface area (Å²) in [5.74, 6) is -1.17. The Labute approximate surface area is 449 Å². The first-order chi connectivity index (χ1) is 35.9. The second-order valence-corrected chi connectivity index (χ2v) is 25.5. The van der Waals surface area contributed by atoms with Gasteiger partial charge in [0.25, 0.3) is 0 Å². The van der Waals surface area contributed by atoms with E-state index in [0.29, 0.717) is 37.7 Å². The molecule has 24 nitrogen and oxygen atoms in total. The number of hydrogen-bond donors (Lipinski definition) is 16. The van der Waals surface area contributed by atoms with E-state index in [2.05, 4.69) is 27.4 Å². The first-order valence-electron chi connectivity index (χ1n) is 27.5. The fourth-order valence-electron chi connectivity index (χ4n) is 16.2. The molecule has 4 aliphatic heterocycles. The molecular weight excluding hydrogens is 1020 g/mol. The summed E-state index contributed by atoms with van der Waals surface area (Å²) in [4.78, 5) is 0. The highest BCUT2D eigenvalue weighted by Gasteiger charge is 2.73. The molecule has 0 aromatic carbocycles. The van der Waals surface area contributed by atoms with E-state index in [1.807, 2.05) is 20.8 Å². The molecular formula is C53H90O24. The lowest BCUT2D eigenvalue weighted by Gasteiger charge is -2.71. The van der Waals surface area contributed by atoms with Crippen LogP contribution in [0.2, 0.25) is 0 Å². The molecule has 24 heteroatoms. The minimum Gasteiger partial charge on any atom is -0.394 e. The van der Waals surface area contributed by atoms with Gasteiger partial charge in [-0.2, -0.15) is 0 Å². The smallest absolute Gasteiger partial charge is 0.187 e. The third-order valence-electron chi connectivity index (χ3n) is 20.7. The van der Waals surface area contributed by atoms with Crippen molar-refractivity contribution in [3.63, 3.8) is 0 Å². The molecule has 8 aliphatic rings. The Morgan fingerprint density at radius 1 is 0.623 bits per heavy atom. The van der Waals surface area contributed by atoms with Crippen LogP contribution in [-0.2, 0) is 37.9 Å². The molecule has 8 rings (SSSR count).